The molecule has 6 nitrogen and oxygen atoms in total. The van der Waals surface area contributed by atoms with Crippen LogP contribution < -0.4 is 16.4 Å². The van der Waals surface area contributed by atoms with Crippen molar-refractivity contribution in [3.05, 3.63) is 21.6 Å². The average molecular weight is 311 g/mol. The quantitative estimate of drug-likeness (QED) is 0.787. The summed E-state index contributed by atoms with van der Waals surface area (Å²) in [5, 5.41) is 6.73. The molecule has 2 aromatic heterocycles. The van der Waals surface area contributed by atoms with Crippen LogP contribution in [0.25, 0.3) is 0 Å². The van der Waals surface area contributed by atoms with Crippen molar-refractivity contribution in [2.45, 2.75) is 33.4 Å². The van der Waals surface area contributed by atoms with Gasteiger partial charge >= 0.3 is 0 Å². The minimum atomic E-state index is -0.199. The highest BCUT2D eigenvalue weighted by Gasteiger charge is 2.20. The summed E-state index contributed by atoms with van der Waals surface area (Å²) in [6.07, 6.45) is 0. The molecule has 0 bridgehead atoms. The van der Waals surface area contributed by atoms with Gasteiger partial charge < -0.3 is 16.4 Å². The summed E-state index contributed by atoms with van der Waals surface area (Å²) in [6.45, 7) is 6.38. The molecule has 0 aliphatic heterocycles. The molecule has 0 unspecified atom stereocenters. The smallest absolute Gasteiger partial charge is 0.258 e. The van der Waals surface area contributed by atoms with E-state index in [4.69, 9.17) is 5.73 Å². The molecule has 8 heteroatoms. The number of nitrogens with two attached hydrogens (primary N) is 1. The first-order valence-corrected chi connectivity index (χ1v) is 7.83. The Labute approximate surface area is 125 Å². The van der Waals surface area contributed by atoms with Crippen molar-refractivity contribution in [2.75, 3.05) is 11.1 Å². The van der Waals surface area contributed by atoms with Crippen LogP contribution >= 0.6 is 22.9 Å². The van der Waals surface area contributed by atoms with Gasteiger partial charge in [-0.15, -0.1) is 11.3 Å². The van der Waals surface area contributed by atoms with E-state index in [2.05, 4.69) is 20.0 Å². The minimum Gasteiger partial charge on any atom is -0.382 e. The molecule has 0 saturated carbocycles. The summed E-state index contributed by atoms with van der Waals surface area (Å²) in [4.78, 5) is 17.4. The van der Waals surface area contributed by atoms with E-state index in [9.17, 15) is 4.79 Å². The van der Waals surface area contributed by atoms with Crippen molar-refractivity contribution in [1.82, 2.24) is 14.7 Å². The molecule has 2 rings (SSSR count). The number of carbonyl (C=O) groups is 1. The first-order valence-electron chi connectivity index (χ1n) is 6.18. The number of amides is 1. The number of thiazole rings is 1. The van der Waals surface area contributed by atoms with E-state index in [0.717, 1.165) is 10.6 Å². The topological polar surface area (TPSA) is 92.9 Å². The predicted molar refractivity (Wildman–Crippen MR) is 83.3 cm³/mol. The van der Waals surface area contributed by atoms with Crippen LogP contribution in [0.3, 0.4) is 0 Å². The standard InChI is InChI=1S/C12H17N5OS2/c1-6(2)16-11(18)9-10(13)17-20-12(9)14-4-8-7(3)15-5-19-8/h5-6,14H,4H2,1-3H3,(H2,13,17)(H,16,18). The number of rotatable bonds is 5. The maximum absolute atomic E-state index is 12.1. The van der Waals surface area contributed by atoms with Gasteiger partial charge in [0.05, 0.1) is 17.7 Å². The predicted octanol–water partition coefficient (Wildman–Crippen LogP) is 2.24. The Kier molecular flexibility index (Phi) is 4.56. The average Bonchev–Trinajstić information content (AvgIpc) is 2.92. The first kappa shape index (κ1) is 14.7. The van der Waals surface area contributed by atoms with E-state index in [1.807, 2.05) is 20.8 Å². The van der Waals surface area contributed by atoms with E-state index in [-0.39, 0.29) is 17.8 Å². The van der Waals surface area contributed by atoms with Crippen LogP contribution in [0.2, 0.25) is 0 Å². The van der Waals surface area contributed by atoms with Gasteiger partial charge in [-0.25, -0.2) is 4.98 Å². The van der Waals surface area contributed by atoms with Crippen LogP contribution in [-0.4, -0.2) is 21.3 Å². The fourth-order valence-electron chi connectivity index (χ4n) is 1.63. The van der Waals surface area contributed by atoms with E-state index >= 15 is 0 Å². The Bertz CT molecular complexity index is 605. The maximum atomic E-state index is 12.1. The lowest BCUT2D eigenvalue weighted by atomic mass is 10.2. The van der Waals surface area contributed by atoms with Crippen LogP contribution in [0.5, 0.6) is 0 Å². The molecule has 0 fully saturated rings. The van der Waals surface area contributed by atoms with Gasteiger partial charge in [0.25, 0.3) is 5.91 Å². The maximum Gasteiger partial charge on any atom is 0.258 e. The number of aromatic nitrogens is 2. The van der Waals surface area contributed by atoms with Crippen molar-refractivity contribution in [1.29, 1.82) is 0 Å². The van der Waals surface area contributed by atoms with Gasteiger partial charge in [0.2, 0.25) is 0 Å². The molecule has 1 amide bonds. The molecule has 0 radical (unpaired) electrons. The van der Waals surface area contributed by atoms with Gasteiger partial charge in [0.1, 0.15) is 10.6 Å². The number of nitrogens with zero attached hydrogens (tertiary/aromatic N) is 2. The second-order valence-electron chi connectivity index (χ2n) is 4.61. The highest BCUT2D eigenvalue weighted by atomic mass is 32.1. The second kappa shape index (κ2) is 6.19. The van der Waals surface area contributed by atoms with Gasteiger partial charge in [-0.2, -0.15) is 4.37 Å². The molecule has 20 heavy (non-hydrogen) atoms. The van der Waals surface area contributed by atoms with Gasteiger partial charge in [0, 0.05) is 10.9 Å². The highest BCUT2D eigenvalue weighted by molar-refractivity contribution is 7.11. The minimum absolute atomic E-state index is 0.0541. The summed E-state index contributed by atoms with van der Waals surface area (Å²) in [5.74, 6) is 0.0615. The number of anilines is 2. The van der Waals surface area contributed by atoms with Crippen molar-refractivity contribution in [2.24, 2.45) is 0 Å². The van der Waals surface area contributed by atoms with Crippen molar-refractivity contribution in [3.63, 3.8) is 0 Å². The zero-order valence-electron chi connectivity index (χ0n) is 11.6. The largest absolute Gasteiger partial charge is 0.382 e. The van der Waals surface area contributed by atoms with Crippen LogP contribution in [0.1, 0.15) is 34.8 Å². The van der Waals surface area contributed by atoms with Gasteiger partial charge in [-0.1, -0.05) is 0 Å². The lowest BCUT2D eigenvalue weighted by Crippen LogP contribution is -2.30. The Hall–Kier alpha value is -1.67. The van der Waals surface area contributed by atoms with Crippen molar-refractivity contribution >= 4 is 39.6 Å². The normalized spacial score (nSPS) is 10.8. The summed E-state index contributed by atoms with van der Waals surface area (Å²) >= 11 is 2.78. The molecular formula is C12H17N5OS2. The van der Waals surface area contributed by atoms with E-state index in [1.165, 1.54) is 11.5 Å². The van der Waals surface area contributed by atoms with Crippen LogP contribution in [0.15, 0.2) is 5.51 Å². The van der Waals surface area contributed by atoms with Crippen molar-refractivity contribution in [3.8, 4) is 0 Å². The van der Waals surface area contributed by atoms with Gasteiger partial charge in [-0.05, 0) is 32.3 Å². The molecule has 2 heterocycles. The van der Waals surface area contributed by atoms with Gasteiger partial charge in [0.15, 0.2) is 5.82 Å². The molecule has 0 atom stereocenters. The third-order valence-corrected chi connectivity index (χ3v) is 4.37. The molecule has 0 aromatic carbocycles. The third-order valence-electron chi connectivity index (χ3n) is 2.62. The fraction of sp³-hybridized carbons (Fsp3) is 0.417. The first-order chi connectivity index (χ1) is 9.49. The molecule has 4 N–H and O–H groups in total. The number of carbonyl (C=O) groups excluding carboxylic acids is 1. The van der Waals surface area contributed by atoms with E-state index in [1.54, 1.807) is 16.8 Å². The van der Waals surface area contributed by atoms with E-state index < -0.39 is 0 Å². The second-order valence-corrected chi connectivity index (χ2v) is 6.33. The third kappa shape index (κ3) is 3.26. The van der Waals surface area contributed by atoms with Crippen LogP contribution in [-0.2, 0) is 6.54 Å². The number of hydrogen-bond acceptors (Lipinski definition) is 7. The Balaban J connectivity index is 2.13. The molecule has 0 aliphatic carbocycles. The Morgan fingerprint density at radius 2 is 2.25 bits per heavy atom. The summed E-state index contributed by atoms with van der Waals surface area (Å²) in [6, 6.07) is 0.0541. The molecule has 0 aliphatic rings. The molecule has 108 valence electrons. The highest BCUT2D eigenvalue weighted by Crippen LogP contribution is 2.28. The zero-order valence-corrected chi connectivity index (χ0v) is 13.2. The number of nitrogen functional groups attached to an aromatic ring is 1. The van der Waals surface area contributed by atoms with Crippen molar-refractivity contribution < 1.29 is 4.79 Å². The summed E-state index contributed by atoms with van der Waals surface area (Å²) in [7, 11) is 0. The van der Waals surface area contributed by atoms with Crippen LogP contribution in [0, 0.1) is 6.92 Å². The molecule has 2 aromatic rings. The lowest BCUT2D eigenvalue weighted by Gasteiger charge is -2.10. The van der Waals surface area contributed by atoms with Gasteiger partial charge in [-0.3, -0.25) is 4.79 Å². The molecule has 0 saturated heterocycles. The SMILES string of the molecule is Cc1ncsc1CNc1snc(N)c1C(=O)NC(C)C. The lowest BCUT2D eigenvalue weighted by molar-refractivity contribution is 0.0945. The number of nitrogens with one attached hydrogen (secondary N) is 2. The Morgan fingerprint density at radius 3 is 2.85 bits per heavy atom. The van der Waals surface area contributed by atoms with Crippen LogP contribution in [0.4, 0.5) is 10.8 Å². The monoisotopic (exact) mass is 311 g/mol. The zero-order chi connectivity index (χ0) is 14.7. The summed E-state index contributed by atoms with van der Waals surface area (Å²) < 4.78 is 4.05. The number of aryl methyl sites for hydroxylation is 1. The Morgan fingerprint density at radius 1 is 1.50 bits per heavy atom. The molecular weight excluding hydrogens is 294 g/mol. The fourth-order valence-corrected chi connectivity index (χ4v) is 3.06. The van der Waals surface area contributed by atoms with E-state index in [0.29, 0.717) is 17.1 Å². The summed E-state index contributed by atoms with van der Waals surface area (Å²) in [5.41, 5.74) is 9.01. The number of hydrogen-bond donors (Lipinski definition) is 3. The molecule has 0 spiro atoms.